The van der Waals surface area contributed by atoms with Crippen LogP contribution in [0.4, 0.5) is 4.79 Å². The quantitative estimate of drug-likeness (QED) is 0.134. The summed E-state index contributed by atoms with van der Waals surface area (Å²) >= 11 is 1.01. The first kappa shape index (κ1) is 27.9. The number of ether oxygens (including phenoxy) is 1. The first-order valence-corrected chi connectivity index (χ1v) is 14.4. The van der Waals surface area contributed by atoms with Crippen LogP contribution in [0.25, 0.3) is 22.7 Å². The Morgan fingerprint density at radius 1 is 0.930 bits per heavy atom. The van der Waals surface area contributed by atoms with Crippen LogP contribution >= 0.6 is 11.8 Å². The molecule has 0 spiro atoms. The second kappa shape index (κ2) is 11.9. The summed E-state index contributed by atoms with van der Waals surface area (Å²) in [5.74, 6) is 0.337. The van der Waals surface area contributed by atoms with Gasteiger partial charge in [-0.15, -0.1) is 5.10 Å². The van der Waals surface area contributed by atoms with Crippen molar-refractivity contribution in [1.29, 1.82) is 0 Å². The number of carbonyl (C=O) groups is 3. The van der Waals surface area contributed by atoms with Crippen molar-refractivity contribution in [2.45, 2.75) is 25.5 Å². The van der Waals surface area contributed by atoms with E-state index in [2.05, 4.69) is 21.7 Å². The van der Waals surface area contributed by atoms with Crippen LogP contribution in [0.5, 0.6) is 11.5 Å². The molecule has 9 nitrogen and oxygen atoms in total. The maximum Gasteiger partial charge on any atom is 0.366 e. The minimum atomic E-state index is -0.588. The molecule has 1 aromatic heterocycles. The topological polar surface area (TPSA) is 112 Å². The van der Waals surface area contributed by atoms with E-state index in [0.717, 1.165) is 38.9 Å². The Hall–Kier alpha value is -5.22. The molecule has 1 atom stereocenters. The number of hydrogen-bond donors (Lipinski definition) is 1. The van der Waals surface area contributed by atoms with E-state index >= 15 is 0 Å². The summed E-state index contributed by atoms with van der Waals surface area (Å²) in [5, 5.41) is 9.63. The Balaban J connectivity index is 1.22. The van der Waals surface area contributed by atoms with Gasteiger partial charge in [0.2, 0.25) is 5.91 Å². The van der Waals surface area contributed by atoms with Gasteiger partial charge >= 0.3 is 5.97 Å². The molecule has 1 saturated heterocycles. The summed E-state index contributed by atoms with van der Waals surface area (Å²) < 4.78 is 6.02. The zero-order valence-corrected chi connectivity index (χ0v) is 24.1. The number of hydrogen-bond acceptors (Lipinski definition) is 8. The van der Waals surface area contributed by atoms with Crippen LogP contribution in [0, 0.1) is 13.8 Å². The molecule has 1 fully saturated rings. The van der Waals surface area contributed by atoms with E-state index in [1.807, 2.05) is 62.4 Å². The maximum absolute atomic E-state index is 13.5. The normalized spacial score (nSPS) is 15.0. The molecular weight excluding hydrogens is 564 g/mol. The lowest BCUT2D eigenvalue weighted by molar-refractivity contribution is -0.138. The van der Waals surface area contributed by atoms with Crippen molar-refractivity contribution in [1.82, 2.24) is 20.5 Å². The average Bonchev–Trinajstić information content (AvgIpc) is 3.54. The standard InChI is InChI=1S/C33H26N4O5S/c1-20-15-21(2)17-23(16-20)18-27(32(39)42-37-29-6-4-3-5-28(29)35-36-37)24-9-13-26(14-10-24)41-25-11-7-22(8-12-25)19-30-31(38)34-33(40)43-30/h3-18,30H,19H2,1-2H3,(H,34,38,40)/b27-18+. The molecular formula is C33H26N4O5S. The van der Waals surface area contributed by atoms with Crippen LogP contribution in [0.3, 0.4) is 0 Å². The number of rotatable bonds is 8. The number of aryl methyl sites for hydroxylation is 2. The van der Waals surface area contributed by atoms with Gasteiger partial charge in [0.05, 0.1) is 10.8 Å². The predicted molar refractivity (Wildman–Crippen MR) is 164 cm³/mol. The number of carbonyl (C=O) groups excluding carboxylic acids is 3. The Kier molecular flexibility index (Phi) is 7.76. The second-order valence-electron chi connectivity index (χ2n) is 10.2. The first-order valence-electron chi connectivity index (χ1n) is 13.5. The van der Waals surface area contributed by atoms with Gasteiger partial charge in [-0.1, -0.05) is 82.3 Å². The predicted octanol–water partition coefficient (Wildman–Crippen LogP) is 5.93. The number of aromatic nitrogens is 3. The number of para-hydroxylation sites is 1. The fraction of sp³-hybridized carbons (Fsp3) is 0.121. The van der Waals surface area contributed by atoms with Crippen LogP contribution in [0.15, 0.2) is 91.0 Å². The lowest BCUT2D eigenvalue weighted by atomic mass is 10.0. The molecule has 10 heteroatoms. The third kappa shape index (κ3) is 6.49. The third-order valence-electron chi connectivity index (χ3n) is 6.78. The van der Waals surface area contributed by atoms with Gasteiger partial charge in [0.15, 0.2) is 0 Å². The van der Waals surface area contributed by atoms with Crippen molar-refractivity contribution in [3.8, 4) is 11.5 Å². The Labute approximate surface area is 251 Å². The van der Waals surface area contributed by atoms with Crippen LogP contribution < -0.4 is 14.9 Å². The highest BCUT2D eigenvalue weighted by molar-refractivity contribution is 8.15. The number of thioether (sulfide) groups is 1. The molecule has 0 saturated carbocycles. The SMILES string of the molecule is Cc1cc(C)cc(/C=C(/C(=O)On2nnc3ccccc32)c2ccc(Oc3ccc(CC4SC(=O)NC4=O)cc3)cc2)c1. The summed E-state index contributed by atoms with van der Waals surface area (Å²) in [5.41, 5.74) is 6.12. The number of benzene rings is 4. The van der Waals surface area contributed by atoms with Gasteiger partial charge in [-0.05, 0) is 84.6 Å². The molecule has 2 heterocycles. The molecule has 214 valence electrons. The van der Waals surface area contributed by atoms with E-state index < -0.39 is 11.2 Å². The number of nitrogens with one attached hydrogen (secondary N) is 1. The van der Waals surface area contributed by atoms with Gasteiger partial charge in [-0.25, -0.2) is 4.79 Å². The Morgan fingerprint density at radius 3 is 2.28 bits per heavy atom. The van der Waals surface area contributed by atoms with E-state index in [4.69, 9.17) is 9.57 Å². The van der Waals surface area contributed by atoms with Crippen LogP contribution in [0.2, 0.25) is 0 Å². The molecule has 6 rings (SSSR count). The summed E-state index contributed by atoms with van der Waals surface area (Å²) in [7, 11) is 0. The van der Waals surface area contributed by atoms with Gasteiger partial charge in [-0.3, -0.25) is 14.9 Å². The zero-order chi connectivity index (χ0) is 29.9. The number of fused-ring (bicyclic) bond motifs is 1. The van der Waals surface area contributed by atoms with Crippen LogP contribution in [0.1, 0.15) is 27.8 Å². The zero-order valence-electron chi connectivity index (χ0n) is 23.3. The van der Waals surface area contributed by atoms with Crippen molar-refractivity contribution >= 4 is 51.6 Å². The second-order valence-corrected chi connectivity index (χ2v) is 11.3. The van der Waals surface area contributed by atoms with Gasteiger partial charge < -0.3 is 9.57 Å². The largest absolute Gasteiger partial charge is 0.457 e. The lowest BCUT2D eigenvalue weighted by Gasteiger charge is -2.11. The maximum atomic E-state index is 13.5. The van der Waals surface area contributed by atoms with Crippen molar-refractivity contribution in [2.24, 2.45) is 0 Å². The summed E-state index contributed by atoms with van der Waals surface area (Å²) in [4.78, 5) is 43.6. The summed E-state index contributed by atoms with van der Waals surface area (Å²) in [6, 6.07) is 27.8. The fourth-order valence-corrected chi connectivity index (χ4v) is 5.70. The van der Waals surface area contributed by atoms with E-state index in [1.165, 1.54) is 0 Å². The summed E-state index contributed by atoms with van der Waals surface area (Å²) in [6.45, 7) is 4.02. The molecule has 1 unspecified atom stereocenters. The molecule has 1 aliphatic heterocycles. The molecule has 4 aromatic carbocycles. The molecule has 5 aromatic rings. The molecule has 43 heavy (non-hydrogen) atoms. The Morgan fingerprint density at radius 2 is 1.60 bits per heavy atom. The van der Waals surface area contributed by atoms with Crippen molar-refractivity contribution in [3.63, 3.8) is 0 Å². The highest BCUT2D eigenvalue weighted by Crippen LogP contribution is 2.28. The summed E-state index contributed by atoms with van der Waals surface area (Å²) in [6.07, 6.45) is 2.25. The van der Waals surface area contributed by atoms with Gasteiger partial charge in [-0.2, -0.15) is 0 Å². The lowest BCUT2D eigenvalue weighted by Crippen LogP contribution is -2.25. The number of amides is 2. The van der Waals surface area contributed by atoms with Crippen LogP contribution in [-0.2, 0) is 16.0 Å². The van der Waals surface area contributed by atoms with E-state index in [9.17, 15) is 14.4 Å². The molecule has 2 amide bonds. The molecule has 0 radical (unpaired) electrons. The van der Waals surface area contributed by atoms with Crippen molar-refractivity contribution in [2.75, 3.05) is 0 Å². The van der Waals surface area contributed by atoms with E-state index in [1.54, 1.807) is 42.5 Å². The number of nitrogens with zero attached hydrogens (tertiary/aromatic N) is 3. The fourth-order valence-electron chi connectivity index (χ4n) is 4.84. The molecule has 1 N–H and O–H groups in total. The minimum absolute atomic E-state index is 0.264. The first-order chi connectivity index (χ1) is 20.8. The van der Waals surface area contributed by atoms with Gasteiger partial charge in [0.25, 0.3) is 5.24 Å². The van der Waals surface area contributed by atoms with E-state index in [-0.39, 0.29) is 11.1 Å². The monoisotopic (exact) mass is 590 g/mol. The molecule has 0 aliphatic carbocycles. The molecule has 0 bridgehead atoms. The van der Waals surface area contributed by atoms with Gasteiger partial charge in [0.1, 0.15) is 22.5 Å². The average molecular weight is 591 g/mol. The van der Waals surface area contributed by atoms with E-state index in [0.29, 0.717) is 40.1 Å². The van der Waals surface area contributed by atoms with Crippen LogP contribution in [-0.4, -0.2) is 37.5 Å². The van der Waals surface area contributed by atoms with Crippen molar-refractivity contribution in [3.05, 3.63) is 119 Å². The highest BCUT2D eigenvalue weighted by atomic mass is 32.2. The van der Waals surface area contributed by atoms with Gasteiger partial charge in [0, 0.05) is 0 Å². The van der Waals surface area contributed by atoms with Crippen molar-refractivity contribution < 1.29 is 24.0 Å². The highest BCUT2D eigenvalue weighted by Gasteiger charge is 2.31. The molecule has 1 aliphatic rings. The third-order valence-corrected chi connectivity index (χ3v) is 7.76. The number of imide groups is 1. The minimum Gasteiger partial charge on any atom is -0.457 e. The Bertz CT molecular complexity index is 1860. The smallest absolute Gasteiger partial charge is 0.366 e.